The van der Waals surface area contributed by atoms with Crippen molar-refractivity contribution in [3.63, 3.8) is 0 Å². The van der Waals surface area contributed by atoms with E-state index in [0.29, 0.717) is 25.1 Å². The number of rotatable bonds is 4. The molecule has 0 aromatic heterocycles. The minimum absolute atomic E-state index is 0.154. The highest BCUT2D eigenvalue weighted by Crippen LogP contribution is 2.21. The van der Waals surface area contributed by atoms with Gasteiger partial charge in [0.1, 0.15) is 17.9 Å². The van der Waals surface area contributed by atoms with Crippen LogP contribution < -0.4 is 10.2 Å². The number of piperazine rings is 2. The van der Waals surface area contributed by atoms with Crippen LogP contribution in [0.15, 0.2) is 48.5 Å². The fraction of sp³-hybridized carbons (Fsp3) is 0.348. The third-order valence-corrected chi connectivity index (χ3v) is 5.85. The van der Waals surface area contributed by atoms with E-state index in [1.165, 1.54) is 12.1 Å². The van der Waals surface area contributed by atoms with Crippen LogP contribution in [0, 0.1) is 5.82 Å². The van der Waals surface area contributed by atoms with Crippen molar-refractivity contribution in [3.05, 3.63) is 65.5 Å². The molecule has 2 saturated heterocycles. The number of amides is 3. The van der Waals surface area contributed by atoms with Crippen molar-refractivity contribution in [1.29, 1.82) is 0 Å². The molecule has 8 heteroatoms. The van der Waals surface area contributed by atoms with Crippen LogP contribution in [0.5, 0.6) is 0 Å². The predicted molar refractivity (Wildman–Crippen MR) is 114 cm³/mol. The van der Waals surface area contributed by atoms with Gasteiger partial charge < -0.3 is 20.0 Å². The molecule has 31 heavy (non-hydrogen) atoms. The van der Waals surface area contributed by atoms with Gasteiger partial charge in [-0.25, -0.2) is 4.39 Å². The zero-order valence-electron chi connectivity index (χ0n) is 17.5. The van der Waals surface area contributed by atoms with E-state index in [9.17, 15) is 18.8 Å². The van der Waals surface area contributed by atoms with Gasteiger partial charge in [-0.2, -0.15) is 0 Å². The molecule has 0 aliphatic carbocycles. The standard InChI is InChI=1S/C23H25FN4O3/c1-26(2)18-9-5-16(6-10-18)22(30)27-11-12-28-20(14-27)21(29)25-19(23(28)31)13-15-3-7-17(24)8-4-15/h3-10,19-20H,11-14H2,1-2H3,(H,25,29). The first kappa shape index (κ1) is 20.8. The predicted octanol–water partition coefficient (Wildman–Crippen LogP) is 1.29. The van der Waals surface area contributed by atoms with Crippen LogP contribution in [0.2, 0.25) is 0 Å². The molecule has 0 spiro atoms. The molecule has 0 saturated carbocycles. The molecule has 2 aromatic carbocycles. The van der Waals surface area contributed by atoms with Gasteiger partial charge in [-0.05, 0) is 42.0 Å². The molecule has 0 bridgehead atoms. The Kier molecular flexibility index (Phi) is 5.63. The van der Waals surface area contributed by atoms with Crippen LogP contribution in [0.25, 0.3) is 0 Å². The number of benzene rings is 2. The summed E-state index contributed by atoms with van der Waals surface area (Å²) in [5.41, 5.74) is 2.31. The molecule has 2 aliphatic rings. The number of nitrogens with one attached hydrogen (secondary N) is 1. The second kappa shape index (κ2) is 8.37. The quantitative estimate of drug-likeness (QED) is 0.803. The van der Waals surface area contributed by atoms with E-state index in [4.69, 9.17) is 0 Å². The van der Waals surface area contributed by atoms with Gasteiger partial charge in [0.2, 0.25) is 11.8 Å². The largest absolute Gasteiger partial charge is 0.378 e. The molecule has 2 heterocycles. The van der Waals surface area contributed by atoms with Gasteiger partial charge in [0.25, 0.3) is 5.91 Å². The number of carbonyl (C=O) groups is 3. The zero-order valence-corrected chi connectivity index (χ0v) is 17.5. The van der Waals surface area contributed by atoms with E-state index < -0.39 is 12.1 Å². The Labute approximate surface area is 180 Å². The summed E-state index contributed by atoms with van der Waals surface area (Å²) in [4.78, 5) is 43.8. The maximum Gasteiger partial charge on any atom is 0.254 e. The van der Waals surface area contributed by atoms with E-state index in [-0.39, 0.29) is 30.1 Å². The van der Waals surface area contributed by atoms with Crippen molar-refractivity contribution in [3.8, 4) is 0 Å². The molecular weight excluding hydrogens is 399 g/mol. The van der Waals surface area contributed by atoms with E-state index >= 15 is 0 Å². The lowest BCUT2D eigenvalue weighted by molar-refractivity contribution is -0.152. The molecule has 2 fully saturated rings. The first-order chi connectivity index (χ1) is 14.8. The smallest absolute Gasteiger partial charge is 0.254 e. The summed E-state index contributed by atoms with van der Waals surface area (Å²) < 4.78 is 13.1. The summed E-state index contributed by atoms with van der Waals surface area (Å²) >= 11 is 0. The van der Waals surface area contributed by atoms with Crippen molar-refractivity contribution >= 4 is 23.4 Å². The summed E-state index contributed by atoms with van der Waals surface area (Å²) in [5, 5.41) is 2.78. The number of halogens is 1. The van der Waals surface area contributed by atoms with Gasteiger partial charge >= 0.3 is 0 Å². The number of anilines is 1. The van der Waals surface area contributed by atoms with E-state index in [1.807, 2.05) is 31.1 Å². The van der Waals surface area contributed by atoms with Gasteiger partial charge in [-0.1, -0.05) is 12.1 Å². The van der Waals surface area contributed by atoms with Crippen LogP contribution in [0.3, 0.4) is 0 Å². The fourth-order valence-corrected chi connectivity index (χ4v) is 4.06. The van der Waals surface area contributed by atoms with Gasteiger partial charge in [0, 0.05) is 44.9 Å². The Balaban J connectivity index is 1.43. The lowest BCUT2D eigenvalue weighted by Crippen LogP contribution is -2.70. The minimum atomic E-state index is -0.698. The van der Waals surface area contributed by atoms with E-state index in [2.05, 4.69) is 5.32 Å². The molecule has 3 amide bonds. The average Bonchev–Trinajstić information content (AvgIpc) is 2.78. The minimum Gasteiger partial charge on any atom is -0.378 e. The van der Waals surface area contributed by atoms with Crippen LogP contribution in [-0.2, 0) is 16.0 Å². The van der Waals surface area contributed by atoms with Gasteiger partial charge in [0.15, 0.2) is 0 Å². The van der Waals surface area contributed by atoms with Gasteiger partial charge in [-0.15, -0.1) is 0 Å². The number of nitrogens with zero attached hydrogens (tertiary/aromatic N) is 3. The van der Waals surface area contributed by atoms with Crippen LogP contribution >= 0.6 is 0 Å². The SMILES string of the molecule is CN(C)c1ccc(C(=O)N2CCN3C(=O)C(Cc4ccc(F)cc4)NC(=O)C3C2)cc1. The molecule has 7 nitrogen and oxygen atoms in total. The Morgan fingerprint density at radius 2 is 1.74 bits per heavy atom. The summed E-state index contributed by atoms with van der Waals surface area (Å²) in [7, 11) is 3.86. The van der Waals surface area contributed by atoms with Gasteiger partial charge in [0.05, 0.1) is 6.54 Å². The molecule has 4 rings (SSSR count). The Bertz CT molecular complexity index is 991. The molecule has 162 valence electrons. The molecule has 1 N–H and O–H groups in total. The number of fused-ring (bicyclic) bond motifs is 1. The molecule has 0 radical (unpaired) electrons. The first-order valence-electron chi connectivity index (χ1n) is 10.3. The fourth-order valence-electron chi connectivity index (χ4n) is 4.06. The highest BCUT2D eigenvalue weighted by molar-refractivity contribution is 5.99. The van der Waals surface area contributed by atoms with Crippen LogP contribution in [0.1, 0.15) is 15.9 Å². The maximum absolute atomic E-state index is 13.1. The molecule has 2 unspecified atom stereocenters. The lowest BCUT2D eigenvalue weighted by atomic mass is 9.98. The second-order valence-corrected chi connectivity index (χ2v) is 8.13. The van der Waals surface area contributed by atoms with Crippen molar-refractivity contribution in [2.24, 2.45) is 0 Å². The second-order valence-electron chi connectivity index (χ2n) is 8.13. The lowest BCUT2D eigenvalue weighted by Gasteiger charge is -2.45. The molecule has 2 aromatic rings. The third kappa shape index (κ3) is 4.23. The zero-order chi connectivity index (χ0) is 22.1. The molecule has 2 aliphatic heterocycles. The number of hydrogen-bond donors (Lipinski definition) is 1. The topological polar surface area (TPSA) is 73.0 Å². The summed E-state index contributed by atoms with van der Waals surface area (Å²) in [6.45, 7) is 0.834. The van der Waals surface area contributed by atoms with Crippen molar-refractivity contribution < 1.29 is 18.8 Å². The average molecular weight is 424 g/mol. The van der Waals surface area contributed by atoms with E-state index in [0.717, 1.165) is 11.3 Å². The Morgan fingerprint density at radius 3 is 2.39 bits per heavy atom. The normalized spacial score (nSPS) is 20.9. The number of carbonyl (C=O) groups excluding carboxylic acids is 3. The third-order valence-electron chi connectivity index (χ3n) is 5.85. The Morgan fingerprint density at radius 1 is 1.06 bits per heavy atom. The van der Waals surface area contributed by atoms with Gasteiger partial charge in [-0.3, -0.25) is 14.4 Å². The number of hydrogen-bond acceptors (Lipinski definition) is 4. The Hall–Kier alpha value is -3.42. The summed E-state index contributed by atoms with van der Waals surface area (Å²) in [5.74, 6) is -0.942. The van der Waals surface area contributed by atoms with Crippen molar-refractivity contribution in [1.82, 2.24) is 15.1 Å². The highest BCUT2D eigenvalue weighted by Gasteiger charge is 2.44. The maximum atomic E-state index is 13.1. The highest BCUT2D eigenvalue weighted by atomic mass is 19.1. The molecular formula is C23H25FN4O3. The first-order valence-corrected chi connectivity index (χ1v) is 10.3. The summed E-state index contributed by atoms with van der Waals surface area (Å²) in [6.07, 6.45) is 0.301. The van der Waals surface area contributed by atoms with Crippen molar-refractivity contribution in [2.75, 3.05) is 38.6 Å². The van der Waals surface area contributed by atoms with Crippen LogP contribution in [0.4, 0.5) is 10.1 Å². The summed E-state index contributed by atoms with van der Waals surface area (Å²) in [6, 6.07) is 11.8. The van der Waals surface area contributed by atoms with Crippen LogP contribution in [-0.4, -0.2) is 73.3 Å². The monoisotopic (exact) mass is 424 g/mol. The van der Waals surface area contributed by atoms with E-state index in [1.54, 1.807) is 34.1 Å². The van der Waals surface area contributed by atoms with Crippen molar-refractivity contribution in [2.45, 2.75) is 18.5 Å². The molecule has 2 atom stereocenters.